The van der Waals surface area contributed by atoms with Gasteiger partial charge < -0.3 is 10.3 Å². The SMILES string of the molecule is CNCc1[nH]c(C2CCCC2)nc1C1CC1. The number of nitrogens with zero attached hydrogens (tertiary/aromatic N) is 1. The lowest BCUT2D eigenvalue weighted by Crippen LogP contribution is -2.07. The van der Waals surface area contributed by atoms with Crippen LogP contribution in [0.15, 0.2) is 0 Å². The minimum Gasteiger partial charge on any atom is -0.344 e. The highest BCUT2D eigenvalue weighted by Crippen LogP contribution is 2.42. The van der Waals surface area contributed by atoms with Crippen LogP contribution in [0.2, 0.25) is 0 Å². The summed E-state index contributed by atoms with van der Waals surface area (Å²) >= 11 is 0. The smallest absolute Gasteiger partial charge is 0.109 e. The second-order valence-corrected chi connectivity index (χ2v) is 5.27. The highest BCUT2D eigenvalue weighted by Gasteiger charge is 2.30. The molecule has 0 aromatic carbocycles. The predicted molar refractivity (Wildman–Crippen MR) is 64.5 cm³/mol. The molecular weight excluding hydrogens is 198 g/mol. The average molecular weight is 219 g/mol. The first-order chi connectivity index (χ1) is 7.88. The van der Waals surface area contributed by atoms with Crippen molar-refractivity contribution in [1.29, 1.82) is 0 Å². The van der Waals surface area contributed by atoms with Gasteiger partial charge in [-0.2, -0.15) is 0 Å². The van der Waals surface area contributed by atoms with Crippen molar-refractivity contribution in [1.82, 2.24) is 15.3 Å². The van der Waals surface area contributed by atoms with Crippen LogP contribution in [0.1, 0.15) is 67.6 Å². The van der Waals surface area contributed by atoms with Crippen LogP contribution in [-0.4, -0.2) is 17.0 Å². The third kappa shape index (κ3) is 1.88. The Morgan fingerprint density at radius 3 is 2.56 bits per heavy atom. The van der Waals surface area contributed by atoms with Crippen LogP contribution in [0.4, 0.5) is 0 Å². The number of rotatable bonds is 4. The molecule has 1 aromatic heterocycles. The van der Waals surface area contributed by atoms with Gasteiger partial charge in [-0.3, -0.25) is 0 Å². The van der Waals surface area contributed by atoms with Crippen molar-refractivity contribution in [2.45, 2.75) is 56.9 Å². The van der Waals surface area contributed by atoms with Crippen LogP contribution in [0.5, 0.6) is 0 Å². The third-order valence-electron chi connectivity index (χ3n) is 3.89. The molecule has 0 spiro atoms. The summed E-state index contributed by atoms with van der Waals surface area (Å²) in [6.45, 7) is 0.936. The van der Waals surface area contributed by atoms with E-state index in [9.17, 15) is 0 Å². The minimum absolute atomic E-state index is 0.711. The van der Waals surface area contributed by atoms with E-state index in [1.807, 2.05) is 7.05 Å². The maximum Gasteiger partial charge on any atom is 0.109 e. The number of H-pyrrole nitrogens is 1. The van der Waals surface area contributed by atoms with Gasteiger partial charge in [0.25, 0.3) is 0 Å². The average Bonchev–Trinajstić information content (AvgIpc) is 2.82. The first kappa shape index (κ1) is 10.3. The molecule has 0 unspecified atom stereocenters. The van der Waals surface area contributed by atoms with Gasteiger partial charge in [0, 0.05) is 18.4 Å². The van der Waals surface area contributed by atoms with Crippen LogP contribution >= 0.6 is 0 Å². The topological polar surface area (TPSA) is 40.7 Å². The highest BCUT2D eigenvalue weighted by atomic mass is 15.0. The number of hydrogen-bond acceptors (Lipinski definition) is 2. The standard InChI is InChI=1S/C13H21N3/c1-14-8-11-12(9-6-7-9)16-13(15-11)10-4-2-3-5-10/h9-10,14H,2-8H2,1H3,(H,15,16). The molecule has 2 saturated carbocycles. The first-order valence-corrected chi connectivity index (χ1v) is 6.61. The molecule has 3 heteroatoms. The quantitative estimate of drug-likeness (QED) is 0.817. The molecule has 2 N–H and O–H groups in total. The Labute approximate surface area is 97.0 Å². The zero-order valence-electron chi connectivity index (χ0n) is 10.1. The third-order valence-corrected chi connectivity index (χ3v) is 3.89. The zero-order chi connectivity index (χ0) is 11.0. The summed E-state index contributed by atoms with van der Waals surface area (Å²) in [5.74, 6) is 2.74. The Morgan fingerprint density at radius 2 is 1.94 bits per heavy atom. The van der Waals surface area contributed by atoms with Crippen molar-refractivity contribution in [3.8, 4) is 0 Å². The summed E-state index contributed by atoms with van der Waals surface area (Å²) in [7, 11) is 2.01. The monoisotopic (exact) mass is 219 g/mol. The molecule has 2 fully saturated rings. The van der Waals surface area contributed by atoms with Gasteiger partial charge in [-0.15, -0.1) is 0 Å². The van der Waals surface area contributed by atoms with Gasteiger partial charge in [0.2, 0.25) is 0 Å². The Kier molecular flexibility index (Phi) is 2.72. The Balaban J connectivity index is 1.85. The molecule has 3 nitrogen and oxygen atoms in total. The van der Waals surface area contributed by atoms with Crippen molar-refractivity contribution in [2.24, 2.45) is 0 Å². The molecule has 88 valence electrons. The Morgan fingerprint density at radius 1 is 1.19 bits per heavy atom. The number of aromatic nitrogens is 2. The lowest BCUT2D eigenvalue weighted by atomic mass is 10.1. The van der Waals surface area contributed by atoms with Gasteiger partial charge in [-0.1, -0.05) is 12.8 Å². The van der Waals surface area contributed by atoms with E-state index in [1.165, 1.54) is 55.7 Å². The van der Waals surface area contributed by atoms with Crippen molar-refractivity contribution in [3.63, 3.8) is 0 Å². The lowest BCUT2D eigenvalue weighted by molar-refractivity contribution is 0.672. The largest absolute Gasteiger partial charge is 0.344 e. The van der Waals surface area contributed by atoms with E-state index in [0.29, 0.717) is 5.92 Å². The summed E-state index contributed by atoms with van der Waals surface area (Å²) in [4.78, 5) is 8.45. The summed E-state index contributed by atoms with van der Waals surface area (Å²) in [5, 5.41) is 3.24. The van der Waals surface area contributed by atoms with Crippen molar-refractivity contribution in [3.05, 3.63) is 17.2 Å². The van der Waals surface area contributed by atoms with E-state index in [4.69, 9.17) is 4.98 Å². The summed E-state index contributed by atoms with van der Waals surface area (Å²) in [5.41, 5.74) is 2.70. The second-order valence-electron chi connectivity index (χ2n) is 5.27. The summed E-state index contributed by atoms with van der Waals surface area (Å²) in [6.07, 6.45) is 8.10. The molecule has 0 aliphatic heterocycles. The molecule has 0 radical (unpaired) electrons. The van der Waals surface area contributed by atoms with Crippen molar-refractivity contribution < 1.29 is 0 Å². The van der Waals surface area contributed by atoms with Crippen LogP contribution in [0, 0.1) is 0 Å². The zero-order valence-corrected chi connectivity index (χ0v) is 10.1. The molecule has 2 aliphatic carbocycles. The molecule has 0 amide bonds. The number of aromatic amines is 1. The Bertz CT molecular complexity index is 359. The van der Waals surface area contributed by atoms with Gasteiger partial charge in [0.05, 0.1) is 11.4 Å². The van der Waals surface area contributed by atoms with Crippen molar-refractivity contribution >= 4 is 0 Å². The first-order valence-electron chi connectivity index (χ1n) is 6.61. The van der Waals surface area contributed by atoms with Gasteiger partial charge in [0.15, 0.2) is 0 Å². The molecule has 2 aliphatic rings. The summed E-state index contributed by atoms with van der Waals surface area (Å²) < 4.78 is 0. The fourth-order valence-corrected chi connectivity index (χ4v) is 2.84. The normalized spacial score (nSPS) is 21.8. The van der Waals surface area contributed by atoms with E-state index in [1.54, 1.807) is 0 Å². The second kappa shape index (κ2) is 4.21. The van der Waals surface area contributed by atoms with E-state index in [0.717, 1.165) is 12.5 Å². The van der Waals surface area contributed by atoms with Crippen LogP contribution in [0.3, 0.4) is 0 Å². The molecular formula is C13H21N3. The van der Waals surface area contributed by atoms with Crippen molar-refractivity contribution in [2.75, 3.05) is 7.05 Å². The number of imidazole rings is 1. The van der Waals surface area contributed by atoms with Crippen LogP contribution in [0.25, 0.3) is 0 Å². The Hall–Kier alpha value is -0.830. The fraction of sp³-hybridized carbons (Fsp3) is 0.769. The van der Waals surface area contributed by atoms with Gasteiger partial charge >= 0.3 is 0 Å². The molecule has 16 heavy (non-hydrogen) atoms. The molecule has 0 atom stereocenters. The molecule has 1 aromatic rings. The van der Waals surface area contributed by atoms with Gasteiger partial charge in [-0.05, 0) is 32.7 Å². The van der Waals surface area contributed by atoms with Gasteiger partial charge in [-0.25, -0.2) is 4.98 Å². The van der Waals surface area contributed by atoms with Crippen LogP contribution < -0.4 is 5.32 Å². The summed E-state index contributed by atoms with van der Waals surface area (Å²) in [6, 6.07) is 0. The molecule has 0 bridgehead atoms. The highest BCUT2D eigenvalue weighted by molar-refractivity contribution is 5.24. The maximum atomic E-state index is 4.88. The molecule has 0 saturated heterocycles. The number of nitrogens with one attached hydrogen (secondary N) is 2. The number of hydrogen-bond donors (Lipinski definition) is 2. The molecule has 1 heterocycles. The molecule has 3 rings (SSSR count). The predicted octanol–water partition coefficient (Wildman–Crippen LogP) is 2.66. The van der Waals surface area contributed by atoms with Gasteiger partial charge in [0.1, 0.15) is 5.82 Å². The van der Waals surface area contributed by atoms with E-state index in [2.05, 4.69) is 10.3 Å². The fourth-order valence-electron chi connectivity index (χ4n) is 2.84. The maximum absolute atomic E-state index is 4.88. The van der Waals surface area contributed by atoms with E-state index in [-0.39, 0.29) is 0 Å². The van der Waals surface area contributed by atoms with E-state index >= 15 is 0 Å². The van der Waals surface area contributed by atoms with E-state index < -0.39 is 0 Å². The minimum atomic E-state index is 0.711. The van der Waals surface area contributed by atoms with Crippen LogP contribution in [-0.2, 0) is 6.54 Å². The lowest BCUT2D eigenvalue weighted by Gasteiger charge is -2.03.